The Kier molecular flexibility index (Phi) is 4.43. The molecule has 2 aromatic heterocycles. The summed E-state index contributed by atoms with van der Waals surface area (Å²) in [6.45, 7) is 13.1. The summed E-state index contributed by atoms with van der Waals surface area (Å²) in [6, 6.07) is 2.82. The van der Waals surface area contributed by atoms with Crippen molar-refractivity contribution in [3.8, 4) is 0 Å². The average Bonchev–Trinajstić information content (AvgIpc) is 2.77. The minimum Gasteiger partial charge on any atom is -0.307 e. The van der Waals surface area contributed by atoms with Gasteiger partial charge in [-0.25, -0.2) is 9.50 Å². The number of rotatable bonds is 5. The van der Waals surface area contributed by atoms with E-state index in [0.29, 0.717) is 12.0 Å². The highest BCUT2D eigenvalue weighted by atomic mass is 15.3. The molecule has 0 aromatic carbocycles. The quantitative estimate of drug-likeness (QED) is 0.908. The third-order valence-corrected chi connectivity index (χ3v) is 4.06. The van der Waals surface area contributed by atoms with Gasteiger partial charge in [0, 0.05) is 35.6 Å². The third-order valence-electron chi connectivity index (χ3n) is 4.06. The molecule has 0 aliphatic heterocycles. The van der Waals surface area contributed by atoms with Crippen LogP contribution in [0.25, 0.3) is 5.65 Å². The SMILES string of the molecule is CCC(NC(C)c1cnc2cc(C)nn2c1C)C(C)C. The first-order valence-electron chi connectivity index (χ1n) is 7.52. The predicted octanol–water partition coefficient (Wildman–Crippen LogP) is 3.43. The Labute approximate surface area is 121 Å². The Hall–Kier alpha value is -1.42. The van der Waals surface area contributed by atoms with Gasteiger partial charge in [0.2, 0.25) is 0 Å². The van der Waals surface area contributed by atoms with Gasteiger partial charge in [0.25, 0.3) is 0 Å². The van der Waals surface area contributed by atoms with Gasteiger partial charge in [-0.2, -0.15) is 5.10 Å². The van der Waals surface area contributed by atoms with E-state index >= 15 is 0 Å². The fourth-order valence-corrected chi connectivity index (χ4v) is 2.79. The third kappa shape index (κ3) is 2.85. The zero-order chi connectivity index (χ0) is 14.9. The van der Waals surface area contributed by atoms with Crippen molar-refractivity contribution in [2.45, 2.75) is 60.0 Å². The molecule has 0 saturated heterocycles. The van der Waals surface area contributed by atoms with Crippen LogP contribution in [0.2, 0.25) is 0 Å². The van der Waals surface area contributed by atoms with Crippen LogP contribution in [0, 0.1) is 19.8 Å². The molecule has 2 rings (SSSR count). The Bertz CT molecular complexity index is 585. The number of nitrogens with one attached hydrogen (secondary N) is 1. The van der Waals surface area contributed by atoms with Crippen LogP contribution in [0.5, 0.6) is 0 Å². The van der Waals surface area contributed by atoms with E-state index in [-0.39, 0.29) is 6.04 Å². The van der Waals surface area contributed by atoms with Gasteiger partial charge in [0.15, 0.2) is 5.65 Å². The van der Waals surface area contributed by atoms with Gasteiger partial charge >= 0.3 is 0 Å². The highest BCUT2D eigenvalue weighted by molar-refractivity contribution is 5.42. The van der Waals surface area contributed by atoms with Gasteiger partial charge in [0.05, 0.1) is 5.69 Å². The van der Waals surface area contributed by atoms with E-state index in [1.165, 1.54) is 11.3 Å². The zero-order valence-corrected chi connectivity index (χ0v) is 13.4. The predicted molar refractivity (Wildman–Crippen MR) is 82.9 cm³/mol. The number of hydrogen-bond acceptors (Lipinski definition) is 3. The molecule has 0 aliphatic carbocycles. The monoisotopic (exact) mass is 274 g/mol. The van der Waals surface area contributed by atoms with Crippen LogP contribution in [0.3, 0.4) is 0 Å². The molecule has 2 heterocycles. The molecule has 1 N–H and O–H groups in total. The molecule has 0 spiro atoms. The molecule has 2 aromatic rings. The van der Waals surface area contributed by atoms with Gasteiger partial charge in [0.1, 0.15) is 0 Å². The first kappa shape index (κ1) is 15.0. The maximum absolute atomic E-state index is 4.52. The van der Waals surface area contributed by atoms with Crippen molar-refractivity contribution in [3.63, 3.8) is 0 Å². The molecule has 0 amide bonds. The Morgan fingerprint density at radius 3 is 2.55 bits per heavy atom. The van der Waals surface area contributed by atoms with Gasteiger partial charge in [-0.05, 0) is 33.1 Å². The second-order valence-corrected chi connectivity index (χ2v) is 6.00. The van der Waals surface area contributed by atoms with Crippen LogP contribution in [0.4, 0.5) is 0 Å². The Morgan fingerprint density at radius 1 is 1.25 bits per heavy atom. The van der Waals surface area contributed by atoms with Crippen molar-refractivity contribution in [2.75, 3.05) is 0 Å². The second kappa shape index (κ2) is 5.92. The molecule has 20 heavy (non-hydrogen) atoms. The largest absolute Gasteiger partial charge is 0.307 e. The summed E-state index contributed by atoms with van der Waals surface area (Å²) in [4.78, 5) is 4.52. The summed E-state index contributed by atoms with van der Waals surface area (Å²) >= 11 is 0. The maximum Gasteiger partial charge on any atom is 0.155 e. The molecule has 0 aliphatic rings. The summed E-state index contributed by atoms with van der Waals surface area (Å²) < 4.78 is 1.94. The molecule has 4 heteroatoms. The van der Waals surface area contributed by atoms with E-state index < -0.39 is 0 Å². The van der Waals surface area contributed by atoms with Crippen LogP contribution in [0.15, 0.2) is 12.3 Å². The normalized spacial score (nSPS) is 14.9. The van der Waals surface area contributed by atoms with Gasteiger partial charge < -0.3 is 5.32 Å². The number of aryl methyl sites for hydroxylation is 2. The van der Waals surface area contributed by atoms with Gasteiger partial charge in [-0.15, -0.1) is 0 Å². The van der Waals surface area contributed by atoms with Crippen LogP contribution in [-0.2, 0) is 0 Å². The fraction of sp³-hybridized carbons (Fsp3) is 0.625. The molecule has 0 radical (unpaired) electrons. The lowest BCUT2D eigenvalue weighted by molar-refractivity contribution is 0.354. The summed E-state index contributed by atoms with van der Waals surface area (Å²) in [5.41, 5.74) is 4.32. The lowest BCUT2D eigenvalue weighted by Crippen LogP contribution is -2.35. The lowest BCUT2D eigenvalue weighted by atomic mass is 9.99. The van der Waals surface area contributed by atoms with Crippen LogP contribution < -0.4 is 5.32 Å². The minimum atomic E-state index is 0.281. The summed E-state index contributed by atoms with van der Waals surface area (Å²) in [6.07, 6.45) is 3.12. The Morgan fingerprint density at radius 2 is 1.95 bits per heavy atom. The number of nitrogens with zero attached hydrogens (tertiary/aromatic N) is 3. The number of aromatic nitrogens is 3. The highest BCUT2D eigenvalue weighted by Gasteiger charge is 2.18. The van der Waals surface area contributed by atoms with Crippen molar-refractivity contribution in [3.05, 3.63) is 29.2 Å². The van der Waals surface area contributed by atoms with E-state index in [4.69, 9.17) is 0 Å². The topological polar surface area (TPSA) is 42.2 Å². The zero-order valence-electron chi connectivity index (χ0n) is 13.4. The van der Waals surface area contributed by atoms with E-state index in [9.17, 15) is 0 Å². The summed E-state index contributed by atoms with van der Waals surface area (Å²) in [5, 5.41) is 8.23. The highest BCUT2D eigenvalue weighted by Crippen LogP contribution is 2.20. The lowest BCUT2D eigenvalue weighted by Gasteiger charge is -2.26. The van der Waals surface area contributed by atoms with Crippen molar-refractivity contribution in [1.82, 2.24) is 19.9 Å². The van der Waals surface area contributed by atoms with E-state index in [1.54, 1.807) is 0 Å². The molecule has 0 saturated carbocycles. The minimum absolute atomic E-state index is 0.281. The Balaban J connectivity index is 2.30. The van der Waals surface area contributed by atoms with E-state index in [2.05, 4.69) is 50.0 Å². The molecule has 0 fully saturated rings. The fourth-order valence-electron chi connectivity index (χ4n) is 2.79. The molecular weight excluding hydrogens is 248 g/mol. The maximum atomic E-state index is 4.52. The molecule has 4 nitrogen and oxygen atoms in total. The van der Waals surface area contributed by atoms with E-state index in [1.807, 2.05) is 23.7 Å². The molecule has 2 unspecified atom stereocenters. The van der Waals surface area contributed by atoms with Crippen molar-refractivity contribution >= 4 is 5.65 Å². The average molecular weight is 274 g/mol. The first-order valence-corrected chi connectivity index (χ1v) is 7.52. The van der Waals surface area contributed by atoms with Crippen LogP contribution in [-0.4, -0.2) is 20.6 Å². The molecule has 110 valence electrons. The van der Waals surface area contributed by atoms with E-state index in [0.717, 1.165) is 17.8 Å². The van der Waals surface area contributed by atoms with Crippen molar-refractivity contribution in [1.29, 1.82) is 0 Å². The van der Waals surface area contributed by atoms with Crippen LogP contribution in [0.1, 0.15) is 57.1 Å². The number of fused-ring (bicyclic) bond motifs is 1. The van der Waals surface area contributed by atoms with Crippen molar-refractivity contribution in [2.24, 2.45) is 5.92 Å². The smallest absolute Gasteiger partial charge is 0.155 e. The second-order valence-electron chi connectivity index (χ2n) is 6.00. The van der Waals surface area contributed by atoms with Gasteiger partial charge in [-0.1, -0.05) is 20.8 Å². The summed E-state index contributed by atoms with van der Waals surface area (Å²) in [5.74, 6) is 0.631. The molecular formula is C16H26N4. The molecule has 2 atom stereocenters. The standard InChI is InChI=1S/C16H26N4/c1-7-15(10(2)3)18-12(5)14-9-17-16-8-11(4)19-20(16)13(14)6/h8-10,12,15,18H,7H2,1-6H3. The van der Waals surface area contributed by atoms with Crippen LogP contribution >= 0.6 is 0 Å². The van der Waals surface area contributed by atoms with Gasteiger partial charge in [-0.3, -0.25) is 0 Å². The molecule has 0 bridgehead atoms. The van der Waals surface area contributed by atoms with Crippen molar-refractivity contribution < 1.29 is 0 Å². The summed E-state index contributed by atoms with van der Waals surface area (Å²) in [7, 11) is 0. The first-order chi connectivity index (χ1) is 9.43. The number of hydrogen-bond donors (Lipinski definition) is 1.